The van der Waals surface area contributed by atoms with Crippen LogP contribution in [-0.4, -0.2) is 9.97 Å². The van der Waals surface area contributed by atoms with Gasteiger partial charge in [-0.3, -0.25) is 0 Å². The maximum Gasteiger partial charge on any atom is 0.197 e. The molecule has 3 N–H and O–H groups in total. The number of H-pyrrole nitrogens is 1. The van der Waals surface area contributed by atoms with Gasteiger partial charge in [0.05, 0.1) is 5.69 Å². The molecule has 13 heavy (non-hydrogen) atoms. The van der Waals surface area contributed by atoms with Crippen molar-refractivity contribution in [2.75, 3.05) is 5.73 Å². The van der Waals surface area contributed by atoms with Crippen LogP contribution in [0.1, 0.15) is 31.7 Å². The van der Waals surface area contributed by atoms with Crippen LogP contribution in [0.2, 0.25) is 0 Å². The number of hydrogen-bond acceptors (Lipinski definition) is 2. The van der Waals surface area contributed by atoms with Crippen molar-refractivity contribution in [3.8, 4) is 0 Å². The van der Waals surface area contributed by atoms with Gasteiger partial charge in [0.15, 0.2) is 5.95 Å². The van der Waals surface area contributed by atoms with Crippen molar-refractivity contribution in [1.82, 2.24) is 9.97 Å². The lowest BCUT2D eigenvalue weighted by molar-refractivity contribution is 0.338. The molecule has 0 radical (unpaired) electrons. The van der Waals surface area contributed by atoms with E-state index in [1.807, 2.05) is 0 Å². The number of nitrogen functional groups attached to an aromatic ring is 1. The molecule has 0 aliphatic heterocycles. The molecule has 3 heteroatoms. The van der Waals surface area contributed by atoms with E-state index in [0.29, 0.717) is 5.95 Å². The molecule has 0 spiro atoms. The normalized spacial score (nSPS) is 21.9. The molecule has 0 saturated carbocycles. The highest BCUT2D eigenvalue weighted by atomic mass is 15.0. The van der Waals surface area contributed by atoms with Crippen LogP contribution in [0.4, 0.5) is 5.95 Å². The standard InChI is InChI=1S/C10H17N3/c1-6(2)7-3-4-8-9(5-7)13-10(11)12-8/h6-7H,3-5H2,1-2H3,(H3,11,12,13). The number of anilines is 1. The predicted octanol–water partition coefficient (Wildman–Crippen LogP) is 1.75. The van der Waals surface area contributed by atoms with Crippen molar-refractivity contribution in [1.29, 1.82) is 0 Å². The Balaban J connectivity index is 2.19. The van der Waals surface area contributed by atoms with Crippen LogP contribution in [0.25, 0.3) is 0 Å². The Morgan fingerprint density at radius 1 is 1.54 bits per heavy atom. The molecular weight excluding hydrogens is 162 g/mol. The number of fused-ring (bicyclic) bond motifs is 1. The summed E-state index contributed by atoms with van der Waals surface area (Å²) in [5.41, 5.74) is 8.07. The van der Waals surface area contributed by atoms with E-state index in [2.05, 4.69) is 23.8 Å². The summed E-state index contributed by atoms with van der Waals surface area (Å²) in [5, 5.41) is 0. The average Bonchev–Trinajstić information content (AvgIpc) is 2.42. The monoisotopic (exact) mass is 179 g/mol. The summed E-state index contributed by atoms with van der Waals surface area (Å²) in [7, 11) is 0. The quantitative estimate of drug-likeness (QED) is 0.690. The van der Waals surface area contributed by atoms with Gasteiger partial charge in [-0.2, -0.15) is 0 Å². The van der Waals surface area contributed by atoms with Crippen molar-refractivity contribution in [3.63, 3.8) is 0 Å². The molecular formula is C10H17N3. The lowest BCUT2D eigenvalue weighted by atomic mass is 9.82. The lowest BCUT2D eigenvalue weighted by Crippen LogP contribution is -2.18. The minimum absolute atomic E-state index is 0.578. The fourth-order valence-electron chi connectivity index (χ4n) is 2.10. The Hall–Kier alpha value is -0.990. The summed E-state index contributed by atoms with van der Waals surface area (Å²) < 4.78 is 0. The largest absolute Gasteiger partial charge is 0.369 e. The molecule has 1 atom stereocenters. The van der Waals surface area contributed by atoms with Gasteiger partial charge in [-0.1, -0.05) is 13.8 Å². The van der Waals surface area contributed by atoms with E-state index in [4.69, 9.17) is 5.73 Å². The maximum absolute atomic E-state index is 5.61. The minimum Gasteiger partial charge on any atom is -0.369 e. The Kier molecular flexibility index (Phi) is 2.02. The van der Waals surface area contributed by atoms with Crippen LogP contribution in [0.5, 0.6) is 0 Å². The predicted molar refractivity (Wildman–Crippen MR) is 53.4 cm³/mol. The Morgan fingerprint density at radius 2 is 2.31 bits per heavy atom. The molecule has 0 amide bonds. The van der Waals surface area contributed by atoms with Gasteiger partial charge in [0.1, 0.15) is 0 Å². The first-order valence-electron chi connectivity index (χ1n) is 5.00. The molecule has 1 heterocycles. The number of nitrogens with two attached hydrogens (primary N) is 1. The van der Waals surface area contributed by atoms with Crippen LogP contribution in [0, 0.1) is 11.8 Å². The molecule has 1 aliphatic rings. The minimum atomic E-state index is 0.578. The molecule has 1 aliphatic carbocycles. The van der Waals surface area contributed by atoms with Gasteiger partial charge in [0.25, 0.3) is 0 Å². The van der Waals surface area contributed by atoms with Gasteiger partial charge in [-0.25, -0.2) is 4.98 Å². The molecule has 1 aromatic rings. The third-order valence-electron chi connectivity index (χ3n) is 3.04. The van der Waals surface area contributed by atoms with E-state index in [0.717, 1.165) is 24.7 Å². The number of nitrogens with one attached hydrogen (secondary N) is 1. The smallest absolute Gasteiger partial charge is 0.197 e. The van der Waals surface area contributed by atoms with Crippen molar-refractivity contribution in [2.45, 2.75) is 33.1 Å². The van der Waals surface area contributed by atoms with Gasteiger partial charge >= 0.3 is 0 Å². The van der Waals surface area contributed by atoms with Crippen molar-refractivity contribution in [3.05, 3.63) is 11.4 Å². The maximum atomic E-state index is 5.61. The molecule has 2 rings (SSSR count). The fourth-order valence-corrected chi connectivity index (χ4v) is 2.10. The highest BCUT2D eigenvalue weighted by molar-refractivity contribution is 5.28. The Morgan fingerprint density at radius 3 is 3.00 bits per heavy atom. The van der Waals surface area contributed by atoms with Gasteiger partial charge in [-0.15, -0.1) is 0 Å². The number of aromatic nitrogens is 2. The zero-order valence-corrected chi connectivity index (χ0v) is 8.30. The molecule has 1 aromatic heterocycles. The van der Waals surface area contributed by atoms with Gasteiger partial charge in [0, 0.05) is 5.69 Å². The summed E-state index contributed by atoms with van der Waals surface area (Å²) in [6.45, 7) is 4.57. The Bertz CT molecular complexity index is 301. The first kappa shape index (κ1) is 8.60. The zero-order valence-electron chi connectivity index (χ0n) is 8.30. The number of aryl methyl sites for hydroxylation is 1. The summed E-state index contributed by atoms with van der Waals surface area (Å²) in [6, 6.07) is 0. The Labute approximate surface area is 78.7 Å². The highest BCUT2D eigenvalue weighted by Gasteiger charge is 2.23. The second kappa shape index (κ2) is 3.05. The molecule has 0 fully saturated rings. The number of rotatable bonds is 1. The third-order valence-corrected chi connectivity index (χ3v) is 3.04. The second-order valence-electron chi connectivity index (χ2n) is 4.29. The second-order valence-corrected chi connectivity index (χ2v) is 4.29. The topological polar surface area (TPSA) is 54.7 Å². The van der Waals surface area contributed by atoms with Crippen molar-refractivity contribution in [2.24, 2.45) is 11.8 Å². The van der Waals surface area contributed by atoms with E-state index in [-0.39, 0.29) is 0 Å². The van der Waals surface area contributed by atoms with E-state index < -0.39 is 0 Å². The van der Waals surface area contributed by atoms with Crippen LogP contribution >= 0.6 is 0 Å². The van der Waals surface area contributed by atoms with Crippen LogP contribution < -0.4 is 5.73 Å². The van der Waals surface area contributed by atoms with Gasteiger partial charge in [0.2, 0.25) is 0 Å². The molecule has 72 valence electrons. The first-order valence-corrected chi connectivity index (χ1v) is 5.00. The summed E-state index contributed by atoms with van der Waals surface area (Å²) >= 11 is 0. The van der Waals surface area contributed by atoms with E-state index in [1.165, 1.54) is 17.8 Å². The van der Waals surface area contributed by atoms with Crippen molar-refractivity contribution < 1.29 is 0 Å². The number of aromatic amines is 1. The van der Waals surface area contributed by atoms with Crippen molar-refractivity contribution >= 4 is 5.95 Å². The SMILES string of the molecule is CC(C)C1CCc2nc(N)[nH]c2C1. The van der Waals surface area contributed by atoms with Gasteiger partial charge in [-0.05, 0) is 31.1 Å². The van der Waals surface area contributed by atoms with E-state index >= 15 is 0 Å². The van der Waals surface area contributed by atoms with Crippen LogP contribution in [0.3, 0.4) is 0 Å². The molecule has 3 nitrogen and oxygen atoms in total. The third kappa shape index (κ3) is 1.55. The molecule has 0 bridgehead atoms. The van der Waals surface area contributed by atoms with Crippen LogP contribution in [-0.2, 0) is 12.8 Å². The lowest BCUT2D eigenvalue weighted by Gasteiger charge is -2.24. The summed E-state index contributed by atoms with van der Waals surface area (Å²) in [5.74, 6) is 2.14. The molecule has 0 saturated heterocycles. The first-order chi connectivity index (χ1) is 6.16. The number of nitrogens with zero attached hydrogens (tertiary/aromatic N) is 1. The van der Waals surface area contributed by atoms with E-state index in [1.54, 1.807) is 0 Å². The molecule has 0 aromatic carbocycles. The van der Waals surface area contributed by atoms with E-state index in [9.17, 15) is 0 Å². The molecule has 1 unspecified atom stereocenters. The highest BCUT2D eigenvalue weighted by Crippen LogP contribution is 2.28. The van der Waals surface area contributed by atoms with Gasteiger partial charge < -0.3 is 10.7 Å². The summed E-state index contributed by atoms with van der Waals surface area (Å²) in [4.78, 5) is 7.42. The fraction of sp³-hybridized carbons (Fsp3) is 0.700. The summed E-state index contributed by atoms with van der Waals surface area (Å²) in [6.07, 6.45) is 3.47. The number of hydrogen-bond donors (Lipinski definition) is 2. The van der Waals surface area contributed by atoms with Crippen LogP contribution in [0.15, 0.2) is 0 Å². The average molecular weight is 179 g/mol. The zero-order chi connectivity index (χ0) is 9.42. The number of imidazole rings is 1.